The summed E-state index contributed by atoms with van der Waals surface area (Å²) in [4.78, 5) is 12.7. The van der Waals surface area contributed by atoms with Gasteiger partial charge in [-0.05, 0) is 18.2 Å². The first kappa shape index (κ1) is 15.7. The van der Waals surface area contributed by atoms with E-state index in [1.807, 2.05) is 48.5 Å². The SMILES string of the molecule is N#Cc1ccc(C[N+]c2ccccc2C(=O)c2ccccc2)cc1. The van der Waals surface area contributed by atoms with Crippen LogP contribution in [0.1, 0.15) is 27.0 Å². The van der Waals surface area contributed by atoms with Crippen LogP contribution in [0.5, 0.6) is 0 Å². The highest BCUT2D eigenvalue weighted by Crippen LogP contribution is 2.20. The highest BCUT2D eigenvalue weighted by Gasteiger charge is 2.21. The van der Waals surface area contributed by atoms with Gasteiger partial charge < -0.3 is 0 Å². The highest BCUT2D eigenvalue weighted by atomic mass is 16.1. The van der Waals surface area contributed by atoms with Gasteiger partial charge in [0.2, 0.25) is 6.54 Å². The van der Waals surface area contributed by atoms with Crippen LogP contribution in [0.3, 0.4) is 0 Å². The summed E-state index contributed by atoms with van der Waals surface area (Å²) >= 11 is 0. The average Bonchev–Trinajstić information content (AvgIpc) is 2.67. The summed E-state index contributed by atoms with van der Waals surface area (Å²) in [6, 6.07) is 26.0. The summed E-state index contributed by atoms with van der Waals surface area (Å²) in [6.07, 6.45) is 0. The van der Waals surface area contributed by atoms with Crippen molar-refractivity contribution in [3.63, 3.8) is 0 Å². The molecule has 3 nitrogen and oxygen atoms in total. The Kier molecular flexibility index (Phi) is 4.81. The van der Waals surface area contributed by atoms with Crippen molar-refractivity contribution >= 4 is 11.5 Å². The molecule has 3 rings (SSSR count). The smallest absolute Gasteiger partial charge is 0.256 e. The predicted molar refractivity (Wildman–Crippen MR) is 93.0 cm³/mol. The molecule has 0 amide bonds. The largest absolute Gasteiger partial charge is 0.288 e. The molecule has 0 saturated carbocycles. The molecular formula is C21H15N2O+. The summed E-state index contributed by atoms with van der Waals surface area (Å²) in [7, 11) is 0. The minimum Gasteiger partial charge on any atom is -0.288 e. The maximum Gasteiger partial charge on any atom is 0.256 e. The second-order valence-corrected chi connectivity index (χ2v) is 5.34. The molecule has 0 aliphatic rings. The van der Waals surface area contributed by atoms with E-state index in [2.05, 4.69) is 11.4 Å². The predicted octanol–water partition coefficient (Wildman–Crippen LogP) is 4.23. The number of nitriles is 1. The van der Waals surface area contributed by atoms with Crippen LogP contribution in [0.2, 0.25) is 0 Å². The van der Waals surface area contributed by atoms with Gasteiger partial charge >= 0.3 is 0 Å². The van der Waals surface area contributed by atoms with Crippen molar-refractivity contribution in [1.82, 2.24) is 5.32 Å². The van der Waals surface area contributed by atoms with Crippen molar-refractivity contribution in [2.24, 2.45) is 0 Å². The topological polar surface area (TPSA) is 55.0 Å². The maximum atomic E-state index is 12.7. The van der Waals surface area contributed by atoms with Gasteiger partial charge in [0.1, 0.15) is 5.32 Å². The van der Waals surface area contributed by atoms with Crippen molar-refractivity contribution < 1.29 is 4.79 Å². The molecule has 3 aromatic carbocycles. The Morgan fingerprint density at radius 3 is 2.25 bits per heavy atom. The van der Waals surface area contributed by atoms with Gasteiger partial charge in [0.25, 0.3) is 5.69 Å². The Balaban J connectivity index is 1.79. The zero-order valence-corrected chi connectivity index (χ0v) is 13.0. The molecule has 24 heavy (non-hydrogen) atoms. The van der Waals surface area contributed by atoms with Gasteiger partial charge in [-0.3, -0.25) is 4.79 Å². The van der Waals surface area contributed by atoms with Crippen LogP contribution >= 0.6 is 0 Å². The minimum absolute atomic E-state index is 0.0326. The van der Waals surface area contributed by atoms with E-state index in [9.17, 15) is 4.79 Å². The van der Waals surface area contributed by atoms with E-state index < -0.39 is 0 Å². The van der Waals surface area contributed by atoms with Crippen LogP contribution < -0.4 is 5.32 Å². The molecule has 0 bridgehead atoms. The van der Waals surface area contributed by atoms with Gasteiger partial charge in [0.15, 0.2) is 5.78 Å². The van der Waals surface area contributed by atoms with Gasteiger partial charge in [0, 0.05) is 17.2 Å². The first-order valence-corrected chi connectivity index (χ1v) is 7.63. The molecular weight excluding hydrogens is 296 g/mol. The molecule has 0 unspecified atom stereocenters. The zero-order chi connectivity index (χ0) is 16.8. The average molecular weight is 311 g/mol. The number of carbonyl (C=O) groups excluding carboxylic acids is 1. The van der Waals surface area contributed by atoms with Crippen LogP contribution in [0.15, 0.2) is 78.9 Å². The van der Waals surface area contributed by atoms with E-state index >= 15 is 0 Å². The molecule has 0 aliphatic carbocycles. The van der Waals surface area contributed by atoms with Gasteiger partial charge in [0.05, 0.1) is 17.2 Å². The molecule has 0 saturated heterocycles. The van der Waals surface area contributed by atoms with Crippen LogP contribution in [0.4, 0.5) is 5.69 Å². The molecule has 114 valence electrons. The fourth-order valence-electron chi connectivity index (χ4n) is 2.41. The van der Waals surface area contributed by atoms with Crippen molar-refractivity contribution in [2.75, 3.05) is 0 Å². The lowest BCUT2D eigenvalue weighted by atomic mass is 10.0. The van der Waals surface area contributed by atoms with E-state index in [0.717, 1.165) is 5.56 Å². The number of hydrogen-bond donors (Lipinski definition) is 0. The molecule has 0 N–H and O–H groups in total. The van der Waals surface area contributed by atoms with Gasteiger partial charge in [-0.15, -0.1) is 0 Å². The maximum absolute atomic E-state index is 12.7. The third kappa shape index (κ3) is 3.57. The number of para-hydroxylation sites is 1. The van der Waals surface area contributed by atoms with Crippen LogP contribution in [0.25, 0.3) is 0 Å². The quantitative estimate of drug-likeness (QED) is 0.662. The number of benzene rings is 3. The molecule has 0 spiro atoms. The van der Waals surface area contributed by atoms with E-state index in [-0.39, 0.29) is 5.78 Å². The molecule has 3 heteroatoms. The monoisotopic (exact) mass is 311 g/mol. The van der Waals surface area contributed by atoms with E-state index in [4.69, 9.17) is 5.26 Å². The van der Waals surface area contributed by atoms with E-state index in [0.29, 0.717) is 28.9 Å². The molecule has 0 heterocycles. The molecule has 3 aromatic rings. The normalized spacial score (nSPS) is 10.1. The number of ketones is 1. The fourth-order valence-corrected chi connectivity index (χ4v) is 2.41. The fraction of sp³-hybridized carbons (Fsp3) is 0.0476. The molecule has 0 aromatic heterocycles. The number of hydrogen-bond acceptors (Lipinski definition) is 2. The lowest BCUT2D eigenvalue weighted by Crippen LogP contribution is -2.07. The lowest BCUT2D eigenvalue weighted by Gasteiger charge is -2.01. The Morgan fingerprint density at radius 2 is 1.54 bits per heavy atom. The molecule has 2 radical (unpaired) electrons. The lowest BCUT2D eigenvalue weighted by molar-refractivity contribution is 0.103. The molecule has 0 atom stereocenters. The second-order valence-electron chi connectivity index (χ2n) is 5.34. The zero-order valence-electron chi connectivity index (χ0n) is 13.0. The third-order valence-corrected chi connectivity index (χ3v) is 3.70. The number of rotatable bonds is 5. The molecule has 0 aliphatic heterocycles. The van der Waals surface area contributed by atoms with Gasteiger partial charge in [-0.25, -0.2) is 0 Å². The Hall–Kier alpha value is -3.22. The third-order valence-electron chi connectivity index (χ3n) is 3.70. The standard InChI is InChI=1S/C21H15N2O/c22-14-16-10-12-17(13-11-16)15-23-20-9-5-4-8-19(20)21(24)18-6-2-1-3-7-18/h1-13H,15H2/q+1. The second kappa shape index (κ2) is 7.36. The molecule has 0 fully saturated rings. The summed E-state index contributed by atoms with van der Waals surface area (Å²) in [5, 5.41) is 13.4. The van der Waals surface area contributed by atoms with Crippen LogP contribution in [-0.4, -0.2) is 5.78 Å². The number of carbonyl (C=O) groups is 1. The highest BCUT2D eigenvalue weighted by molar-refractivity contribution is 6.11. The van der Waals surface area contributed by atoms with Crippen molar-refractivity contribution in [3.05, 3.63) is 101 Å². The Bertz CT molecular complexity index is 878. The van der Waals surface area contributed by atoms with E-state index in [1.165, 1.54) is 0 Å². The van der Waals surface area contributed by atoms with Gasteiger partial charge in [-0.1, -0.05) is 54.6 Å². The summed E-state index contributed by atoms with van der Waals surface area (Å²) < 4.78 is 0. The first-order valence-electron chi connectivity index (χ1n) is 7.63. The summed E-state index contributed by atoms with van der Waals surface area (Å²) in [6.45, 7) is 0.463. The Morgan fingerprint density at radius 1 is 0.875 bits per heavy atom. The van der Waals surface area contributed by atoms with Crippen molar-refractivity contribution in [1.29, 1.82) is 5.26 Å². The van der Waals surface area contributed by atoms with E-state index in [1.54, 1.807) is 30.3 Å². The first-order chi connectivity index (χ1) is 11.8. The van der Waals surface area contributed by atoms with Gasteiger partial charge in [-0.2, -0.15) is 5.26 Å². The van der Waals surface area contributed by atoms with Crippen LogP contribution in [-0.2, 0) is 6.54 Å². The van der Waals surface area contributed by atoms with Crippen LogP contribution in [0, 0.1) is 11.3 Å². The minimum atomic E-state index is -0.0326. The van der Waals surface area contributed by atoms with Crippen molar-refractivity contribution in [3.8, 4) is 6.07 Å². The Labute approximate surface area is 141 Å². The summed E-state index contributed by atoms with van der Waals surface area (Å²) in [5.41, 5.74) is 3.54. The van der Waals surface area contributed by atoms with Crippen molar-refractivity contribution in [2.45, 2.75) is 6.54 Å². The number of nitrogens with zero attached hydrogens (tertiary/aromatic N) is 2. The summed E-state index contributed by atoms with van der Waals surface area (Å²) in [5.74, 6) is -0.0326.